The maximum Gasteiger partial charge on any atom is 0.244 e. The Morgan fingerprint density at radius 1 is 1.08 bits per heavy atom. The first kappa shape index (κ1) is 24.8. The van der Waals surface area contributed by atoms with E-state index in [0.29, 0.717) is 42.0 Å². The molecule has 0 bridgehead atoms. The summed E-state index contributed by atoms with van der Waals surface area (Å²) < 4.78 is 44.3. The van der Waals surface area contributed by atoms with Gasteiger partial charge in [0, 0.05) is 43.5 Å². The van der Waals surface area contributed by atoms with Crippen LogP contribution in [-0.4, -0.2) is 68.6 Å². The molecule has 2 saturated heterocycles. The van der Waals surface area contributed by atoms with Gasteiger partial charge in [-0.05, 0) is 49.0 Å². The molecular formula is C25H28FN9O2S. The molecule has 38 heavy (non-hydrogen) atoms. The molecule has 4 aromatic heterocycles. The van der Waals surface area contributed by atoms with Crippen LogP contribution in [0, 0.1) is 17.7 Å². The third-order valence-electron chi connectivity index (χ3n) is 7.27. The zero-order valence-electron chi connectivity index (χ0n) is 21.3. The normalized spacial score (nSPS) is 19.9. The summed E-state index contributed by atoms with van der Waals surface area (Å²) in [6.45, 7) is 6.86. The van der Waals surface area contributed by atoms with E-state index >= 15 is 0 Å². The van der Waals surface area contributed by atoms with Gasteiger partial charge in [-0.15, -0.1) is 0 Å². The van der Waals surface area contributed by atoms with Crippen LogP contribution >= 0.6 is 0 Å². The van der Waals surface area contributed by atoms with Gasteiger partial charge in [0.25, 0.3) is 0 Å². The second-order valence-electron chi connectivity index (χ2n) is 10.2. The number of aromatic nitrogens is 6. The van der Waals surface area contributed by atoms with Crippen LogP contribution in [0.3, 0.4) is 0 Å². The van der Waals surface area contributed by atoms with Crippen LogP contribution in [0.2, 0.25) is 0 Å². The van der Waals surface area contributed by atoms with Gasteiger partial charge < -0.3 is 10.6 Å². The molecule has 0 amide bonds. The van der Waals surface area contributed by atoms with Crippen molar-refractivity contribution in [2.24, 2.45) is 18.9 Å². The van der Waals surface area contributed by atoms with Crippen LogP contribution in [0.5, 0.6) is 0 Å². The number of aryl methyl sites for hydroxylation is 1. The molecule has 2 unspecified atom stereocenters. The molecule has 2 aliphatic rings. The standard InChI is InChI=1S/C25H28FN9O2S/c1-14(2)23-19-6-15(9-29-24(19)33-34(23)3)22-20(26)11-30-25(32-22)31-21-5-4-18(10-28-21)38(36,37)35-12-16-7-27-8-17(16)13-35/h4-6,9-11,14,16-17,27H,7-8,12-13H2,1-3H3,(H,28,30,31,32). The third-order valence-corrected chi connectivity index (χ3v) is 9.09. The summed E-state index contributed by atoms with van der Waals surface area (Å²) in [4.78, 5) is 17.2. The molecule has 198 valence electrons. The number of halogens is 1. The van der Waals surface area contributed by atoms with Crippen LogP contribution < -0.4 is 10.6 Å². The monoisotopic (exact) mass is 537 g/mol. The van der Waals surface area contributed by atoms with Crippen LogP contribution in [0.25, 0.3) is 22.3 Å². The highest BCUT2D eigenvalue weighted by Gasteiger charge is 2.41. The summed E-state index contributed by atoms with van der Waals surface area (Å²) in [5.74, 6) is 0.789. The van der Waals surface area contributed by atoms with Crippen molar-refractivity contribution in [2.45, 2.75) is 24.7 Å². The number of fused-ring (bicyclic) bond motifs is 2. The van der Waals surface area contributed by atoms with Crippen LogP contribution in [0.4, 0.5) is 16.2 Å². The lowest BCUT2D eigenvalue weighted by Gasteiger charge is -2.17. The highest BCUT2D eigenvalue weighted by atomic mass is 32.2. The average Bonchev–Trinajstić information content (AvgIpc) is 3.58. The lowest BCUT2D eigenvalue weighted by molar-refractivity contribution is 0.448. The van der Waals surface area contributed by atoms with E-state index in [2.05, 4.69) is 49.5 Å². The quantitative estimate of drug-likeness (QED) is 0.381. The van der Waals surface area contributed by atoms with Gasteiger partial charge in [0.2, 0.25) is 16.0 Å². The van der Waals surface area contributed by atoms with Gasteiger partial charge in [-0.1, -0.05) is 13.8 Å². The summed E-state index contributed by atoms with van der Waals surface area (Å²) in [5.41, 5.74) is 2.16. The minimum absolute atomic E-state index is 0.0868. The molecule has 2 fully saturated rings. The summed E-state index contributed by atoms with van der Waals surface area (Å²) >= 11 is 0. The summed E-state index contributed by atoms with van der Waals surface area (Å²) in [7, 11) is -1.76. The molecular weight excluding hydrogens is 509 g/mol. The SMILES string of the molecule is CC(C)c1c2cc(-c3nc(Nc4ccc(S(=O)(=O)N5CC6CNCC6C5)cn4)ncc3F)cnc2nn1C. The lowest BCUT2D eigenvalue weighted by atomic mass is 10.0. The molecule has 0 aliphatic carbocycles. The molecule has 6 heterocycles. The zero-order chi connectivity index (χ0) is 26.6. The van der Waals surface area contributed by atoms with Gasteiger partial charge in [-0.2, -0.15) is 9.40 Å². The Kier molecular flexibility index (Phi) is 6.08. The number of nitrogens with zero attached hydrogens (tertiary/aromatic N) is 7. The fraction of sp³-hybridized carbons (Fsp3) is 0.400. The Morgan fingerprint density at radius 2 is 1.84 bits per heavy atom. The smallest absolute Gasteiger partial charge is 0.244 e. The van der Waals surface area contributed by atoms with Gasteiger partial charge in [0.05, 0.1) is 11.9 Å². The van der Waals surface area contributed by atoms with Crippen molar-refractivity contribution in [3.8, 4) is 11.3 Å². The Morgan fingerprint density at radius 3 is 2.53 bits per heavy atom. The van der Waals surface area contributed by atoms with E-state index in [4.69, 9.17) is 0 Å². The van der Waals surface area contributed by atoms with Crippen LogP contribution in [0.15, 0.2) is 41.7 Å². The molecule has 4 aromatic rings. The molecule has 11 nitrogen and oxygen atoms in total. The predicted molar refractivity (Wildman–Crippen MR) is 140 cm³/mol. The third kappa shape index (κ3) is 4.29. The zero-order valence-corrected chi connectivity index (χ0v) is 22.1. The van der Waals surface area contributed by atoms with E-state index in [1.165, 1.54) is 18.5 Å². The van der Waals surface area contributed by atoms with Crippen molar-refractivity contribution in [1.82, 2.24) is 39.3 Å². The van der Waals surface area contributed by atoms with Crippen molar-refractivity contribution < 1.29 is 12.8 Å². The number of sulfonamides is 1. The van der Waals surface area contributed by atoms with Crippen molar-refractivity contribution >= 4 is 32.8 Å². The van der Waals surface area contributed by atoms with Gasteiger partial charge >= 0.3 is 0 Å². The van der Waals surface area contributed by atoms with Crippen molar-refractivity contribution in [2.75, 3.05) is 31.5 Å². The molecule has 0 aromatic carbocycles. The van der Waals surface area contributed by atoms with Crippen LogP contribution in [-0.2, 0) is 17.1 Å². The van der Waals surface area contributed by atoms with Gasteiger partial charge in [0.15, 0.2) is 11.5 Å². The molecule has 2 aliphatic heterocycles. The molecule has 6 rings (SSSR count). The number of hydrogen-bond acceptors (Lipinski definition) is 9. The van der Waals surface area contributed by atoms with E-state index in [1.807, 2.05) is 13.1 Å². The Hall–Kier alpha value is -3.55. The predicted octanol–water partition coefficient (Wildman–Crippen LogP) is 2.67. The lowest BCUT2D eigenvalue weighted by Crippen LogP contribution is -2.32. The number of nitrogens with one attached hydrogen (secondary N) is 2. The minimum Gasteiger partial charge on any atom is -0.316 e. The maximum atomic E-state index is 14.8. The Balaban J connectivity index is 1.24. The Bertz CT molecular complexity index is 1610. The van der Waals surface area contributed by atoms with Crippen molar-refractivity contribution in [3.05, 3.63) is 48.3 Å². The van der Waals surface area contributed by atoms with Gasteiger partial charge in [-0.3, -0.25) is 4.68 Å². The average molecular weight is 538 g/mol. The first-order valence-corrected chi connectivity index (χ1v) is 13.9. The highest BCUT2D eigenvalue weighted by Crippen LogP contribution is 2.31. The maximum absolute atomic E-state index is 14.8. The Labute approximate surface area is 219 Å². The van der Waals surface area contributed by atoms with E-state index in [0.717, 1.165) is 30.4 Å². The van der Waals surface area contributed by atoms with E-state index in [9.17, 15) is 12.8 Å². The van der Waals surface area contributed by atoms with E-state index in [1.54, 1.807) is 15.1 Å². The first-order valence-electron chi connectivity index (χ1n) is 12.5. The molecule has 2 N–H and O–H groups in total. The summed E-state index contributed by atoms with van der Waals surface area (Å²) in [6.07, 6.45) is 3.94. The van der Waals surface area contributed by atoms with E-state index < -0.39 is 15.8 Å². The number of pyridine rings is 2. The fourth-order valence-electron chi connectivity index (χ4n) is 5.42. The first-order chi connectivity index (χ1) is 18.2. The second kappa shape index (κ2) is 9.33. The van der Waals surface area contributed by atoms with Gasteiger partial charge in [-0.25, -0.2) is 32.7 Å². The van der Waals surface area contributed by atoms with E-state index in [-0.39, 0.29) is 22.5 Å². The largest absolute Gasteiger partial charge is 0.316 e. The van der Waals surface area contributed by atoms with Crippen LogP contribution in [0.1, 0.15) is 25.5 Å². The van der Waals surface area contributed by atoms with Crippen molar-refractivity contribution in [1.29, 1.82) is 0 Å². The second-order valence-corrected chi connectivity index (χ2v) is 12.1. The molecule has 0 saturated carbocycles. The van der Waals surface area contributed by atoms with Crippen molar-refractivity contribution in [3.63, 3.8) is 0 Å². The van der Waals surface area contributed by atoms with Gasteiger partial charge in [0.1, 0.15) is 16.4 Å². The fourth-order valence-corrected chi connectivity index (χ4v) is 6.92. The molecule has 0 radical (unpaired) electrons. The summed E-state index contributed by atoms with van der Waals surface area (Å²) in [5, 5.41) is 11.5. The number of anilines is 2. The topological polar surface area (TPSA) is 131 Å². The highest BCUT2D eigenvalue weighted by molar-refractivity contribution is 7.89. The minimum atomic E-state index is -3.62. The molecule has 0 spiro atoms. The molecule has 13 heteroatoms. The molecule has 2 atom stereocenters. The summed E-state index contributed by atoms with van der Waals surface area (Å²) in [6, 6.07) is 4.89. The number of hydrogen-bond donors (Lipinski definition) is 2. The number of rotatable bonds is 6.